The lowest BCUT2D eigenvalue weighted by molar-refractivity contribution is 0.794. The Morgan fingerprint density at radius 1 is 0.467 bits per heavy atom. The van der Waals surface area contributed by atoms with Crippen LogP contribution in [0.15, 0.2) is 146 Å². The minimum Gasteiger partial charge on any atom is -0.281 e. The first kappa shape index (κ1) is 24.6. The van der Waals surface area contributed by atoms with Gasteiger partial charge in [0.25, 0.3) is 0 Å². The molecule has 0 fully saturated rings. The second-order valence-electron chi connectivity index (χ2n) is 12.3. The first-order valence-electron chi connectivity index (χ1n) is 15.5. The van der Waals surface area contributed by atoms with Gasteiger partial charge in [0.1, 0.15) is 0 Å². The summed E-state index contributed by atoms with van der Waals surface area (Å²) in [4.78, 5) is 0. The Morgan fingerprint density at radius 3 is 1.64 bits per heavy atom. The minimum absolute atomic E-state index is 0.376. The zero-order valence-electron chi connectivity index (χ0n) is 24.7. The van der Waals surface area contributed by atoms with E-state index in [0.717, 1.165) is 22.4 Å². The zero-order chi connectivity index (χ0) is 29.7. The summed E-state index contributed by atoms with van der Waals surface area (Å²) in [5, 5.41) is 11.6. The van der Waals surface area contributed by atoms with Gasteiger partial charge in [0, 0.05) is 22.7 Å². The summed E-state index contributed by atoms with van der Waals surface area (Å²) in [5.74, 6) is 0.848. The monoisotopic (exact) mass is 573 g/mol. The molecule has 2 aliphatic carbocycles. The molecule has 0 N–H and O–H groups in total. The molecular weight excluding hydrogens is 546 g/mol. The molecule has 2 aromatic heterocycles. The van der Waals surface area contributed by atoms with Gasteiger partial charge in [-0.05, 0) is 68.4 Å². The average molecular weight is 574 g/mol. The molecule has 0 saturated heterocycles. The Bertz CT molecular complexity index is 2440. The molecular formula is C42H27N3. The Balaban J connectivity index is 1.29. The fourth-order valence-electron chi connectivity index (χ4n) is 8.10. The van der Waals surface area contributed by atoms with E-state index in [-0.39, 0.29) is 5.41 Å². The van der Waals surface area contributed by atoms with Crippen molar-refractivity contribution in [3.8, 4) is 44.8 Å². The van der Waals surface area contributed by atoms with Gasteiger partial charge in [0.2, 0.25) is 0 Å². The molecule has 0 atom stereocenters. The van der Waals surface area contributed by atoms with Crippen LogP contribution in [0.4, 0.5) is 0 Å². The molecule has 3 heteroatoms. The van der Waals surface area contributed by atoms with Gasteiger partial charge in [0.15, 0.2) is 11.5 Å². The quantitative estimate of drug-likeness (QED) is 0.206. The molecule has 210 valence electrons. The maximum atomic E-state index is 4.69. The standard InChI is InChI=1S/C42H27N3/c1-26-18-20-27(21-19-26)40-43-44-41-34-14-3-2-10-29(34)35(25-45(40)41)28-22-23-33-32-13-6-9-17-38(32)42(39(33)24-28)36-15-7-4-11-30(36)31-12-5-8-16-37(31)42/h2-25H,1H3. The highest BCUT2D eigenvalue weighted by molar-refractivity contribution is 6.04. The van der Waals surface area contributed by atoms with Crippen molar-refractivity contribution in [2.24, 2.45) is 0 Å². The number of aromatic nitrogens is 3. The molecule has 0 radical (unpaired) electrons. The normalized spacial score (nSPS) is 13.6. The summed E-state index contributed by atoms with van der Waals surface area (Å²) in [5.41, 5.74) is 15.8. The summed E-state index contributed by atoms with van der Waals surface area (Å²) in [6.07, 6.45) is 2.24. The lowest BCUT2D eigenvalue weighted by Crippen LogP contribution is -2.25. The molecule has 6 aromatic carbocycles. The Hall–Kier alpha value is -5.80. The summed E-state index contributed by atoms with van der Waals surface area (Å²) in [6, 6.07) is 51.1. The van der Waals surface area contributed by atoms with Crippen molar-refractivity contribution >= 4 is 16.4 Å². The van der Waals surface area contributed by atoms with Crippen LogP contribution >= 0.6 is 0 Å². The second-order valence-corrected chi connectivity index (χ2v) is 12.3. The van der Waals surface area contributed by atoms with Gasteiger partial charge in [-0.15, -0.1) is 10.2 Å². The van der Waals surface area contributed by atoms with Crippen molar-refractivity contribution in [2.75, 3.05) is 0 Å². The van der Waals surface area contributed by atoms with Crippen molar-refractivity contribution in [1.82, 2.24) is 14.6 Å². The molecule has 45 heavy (non-hydrogen) atoms. The summed E-state index contributed by atoms with van der Waals surface area (Å²) in [7, 11) is 0. The lowest BCUT2D eigenvalue weighted by atomic mass is 9.70. The van der Waals surface area contributed by atoms with E-state index in [1.54, 1.807) is 0 Å². The molecule has 2 heterocycles. The highest BCUT2D eigenvalue weighted by atomic mass is 15.2. The van der Waals surface area contributed by atoms with Crippen LogP contribution in [0.5, 0.6) is 0 Å². The van der Waals surface area contributed by atoms with Crippen LogP contribution in [0, 0.1) is 6.92 Å². The number of hydrogen-bond donors (Lipinski definition) is 0. The van der Waals surface area contributed by atoms with E-state index in [4.69, 9.17) is 0 Å². The van der Waals surface area contributed by atoms with Crippen LogP contribution in [0.2, 0.25) is 0 Å². The van der Waals surface area contributed by atoms with E-state index >= 15 is 0 Å². The zero-order valence-corrected chi connectivity index (χ0v) is 24.7. The summed E-state index contributed by atoms with van der Waals surface area (Å²) in [6.45, 7) is 2.11. The van der Waals surface area contributed by atoms with Gasteiger partial charge in [-0.3, -0.25) is 4.40 Å². The van der Waals surface area contributed by atoms with Crippen LogP contribution in [0.3, 0.4) is 0 Å². The highest BCUT2D eigenvalue weighted by Crippen LogP contribution is 2.63. The van der Waals surface area contributed by atoms with E-state index in [9.17, 15) is 0 Å². The fourth-order valence-corrected chi connectivity index (χ4v) is 8.10. The molecule has 0 bridgehead atoms. The highest BCUT2D eigenvalue weighted by Gasteiger charge is 2.51. The van der Waals surface area contributed by atoms with Gasteiger partial charge in [-0.2, -0.15) is 0 Å². The predicted octanol–water partition coefficient (Wildman–Crippen LogP) is 9.87. The molecule has 2 aliphatic rings. The van der Waals surface area contributed by atoms with Crippen LogP contribution in [0.1, 0.15) is 27.8 Å². The van der Waals surface area contributed by atoms with Gasteiger partial charge >= 0.3 is 0 Å². The maximum absolute atomic E-state index is 4.69. The molecule has 10 rings (SSSR count). The van der Waals surface area contributed by atoms with E-state index in [1.165, 1.54) is 66.6 Å². The van der Waals surface area contributed by atoms with Gasteiger partial charge in [-0.1, -0.05) is 139 Å². The third-order valence-electron chi connectivity index (χ3n) is 10.0. The smallest absolute Gasteiger partial charge is 0.169 e. The Morgan fingerprint density at radius 2 is 1.00 bits per heavy atom. The first-order valence-corrected chi connectivity index (χ1v) is 15.5. The fraction of sp³-hybridized carbons (Fsp3) is 0.0476. The van der Waals surface area contributed by atoms with Crippen molar-refractivity contribution in [1.29, 1.82) is 0 Å². The summed E-state index contributed by atoms with van der Waals surface area (Å²) >= 11 is 0. The number of hydrogen-bond acceptors (Lipinski definition) is 2. The lowest BCUT2D eigenvalue weighted by Gasteiger charge is -2.30. The minimum atomic E-state index is -0.376. The van der Waals surface area contributed by atoms with Gasteiger partial charge < -0.3 is 0 Å². The predicted molar refractivity (Wildman–Crippen MR) is 182 cm³/mol. The number of pyridine rings is 1. The number of rotatable bonds is 2. The van der Waals surface area contributed by atoms with Crippen LogP contribution in [-0.2, 0) is 5.41 Å². The van der Waals surface area contributed by atoms with E-state index in [1.807, 2.05) is 0 Å². The average Bonchev–Trinajstić information content (AvgIpc) is 3.75. The Kier molecular flexibility index (Phi) is 4.85. The molecule has 8 aromatic rings. The van der Waals surface area contributed by atoms with Crippen LogP contribution in [0.25, 0.3) is 61.2 Å². The third kappa shape index (κ3) is 3.14. The molecule has 1 spiro atoms. The number of benzene rings is 6. The van der Waals surface area contributed by atoms with Crippen LogP contribution < -0.4 is 0 Å². The summed E-state index contributed by atoms with van der Waals surface area (Å²) < 4.78 is 2.17. The molecule has 0 aliphatic heterocycles. The van der Waals surface area contributed by atoms with Crippen molar-refractivity contribution in [3.05, 3.63) is 174 Å². The van der Waals surface area contributed by atoms with Gasteiger partial charge in [-0.25, -0.2) is 0 Å². The molecule has 0 amide bonds. The maximum Gasteiger partial charge on any atom is 0.169 e. The number of aryl methyl sites for hydroxylation is 1. The van der Waals surface area contributed by atoms with Crippen molar-refractivity contribution in [2.45, 2.75) is 12.3 Å². The van der Waals surface area contributed by atoms with Crippen molar-refractivity contribution < 1.29 is 0 Å². The van der Waals surface area contributed by atoms with Crippen molar-refractivity contribution in [3.63, 3.8) is 0 Å². The second kappa shape index (κ2) is 8.87. The number of fused-ring (bicyclic) bond motifs is 13. The largest absolute Gasteiger partial charge is 0.281 e. The topological polar surface area (TPSA) is 30.2 Å². The van der Waals surface area contributed by atoms with E-state index < -0.39 is 0 Å². The molecule has 0 unspecified atom stereocenters. The van der Waals surface area contributed by atoms with E-state index in [2.05, 4.69) is 167 Å². The third-order valence-corrected chi connectivity index (χ3v) is 10.0. The molecule has 3 nitrogen and oxygen atoms in total. The number of nitrogens with zero attached hydrogens (tertiary/aromatic N) is 3. The van der Waals surface area contributed by atoms with Crippen LogP contribution in [-0.4, -0.2) is 14.6 Å². The Labute approximate surface area is 261 Å². The molecule has 0 saturated carbocycles. The van der Waals surface area contributed by atoms with Gasteiger partial charge in [0.05, 0.1) is 5.41 Å². The van der Waals surface area contributed by atoms with E-state index in [0.29, 0.717) is 0 Å². The first-order chi connectivity index (χ1) is 22.2. The SMILES string of the molecule is Cc1ccc(-c2nnc3c4ccccc4c(-c4ccc5c(c4)C4(c6ccccc6-c6ccccc64)c4ccccc4-5)cn23)cc1.